The average molecular weight is 285 g/mol. The standard InChI is InChI=1S/C12H11N7O2/c1-3-4-18-12(11(19(20)21)8(2)16-18)17-7-15-9(5-13)10(17)6-14/h7H,3-4H2,1-2H3. The zero-order valence-corrected chi connectivity index (χ0v) is 11.4. The van der Waals surface area contributed by atoms with Crippen molar-refractivity contribution in [3.05, 3.63) is 33.5 Å². The summed E-state index contributed by atoms with van der Waals surface area (Å²) >= 11 is 0. The van der Waals surface area contributed by atoms with Crippen LogP contribution in [0.2, 0.25) is 0 Å². The monoisotopic (exact) mass is 285 g/mol. The second-order valence-corrected chi connectivity index (χ2v) is 4.27. The Labute approximate surface area is 119 Å². The fourth-order valence-electron chi connectivity index (χ4n) is 2.08. The van der Waals surface area contributed by atoms with Gasteiger partial charge in [-0.15, -0.1) is 0 Å². The number of aromatic nitrogens is 4. The Morgan fingerprint density at radius 1 is 1.43 bits per heavy atom. The average Bonchev–Trinajstić information content (AvgIpc) is 2.98. The van der Waals surface area contributed by atoms with Gasteiger partial charge in [0.25, 0.3) is 0 Å². The Morgan fingerprint density at radius 2 is 2.14 bits per heavy atom. The lowest BCUT2D eigenvalue weighted by atomic mass is 10.3. The third kappa shape index (κ3) is 2.21. The number of nitrogens with zero attached hydrogens (tertiary/aromatic N) is 7. The van der Waals surface area contributed by atoms with Crippen molar-refractivity contribution >= 4 is 5.69 Å². The third-order valence-corrected chi connectivity index (χ3v) is 2.90. The lowest BCUT2D eigenvalue weighted by molar-refractivity contribution is -0.385. The highest BCUT2D eigenvalue weighted by atomic mass is 16.6. The van der Waals surface area contributed by atoms with Crippen LogP contribution in [0.4, 0.5) is 5.69 Å². The summed E-state index contributed by atoms with van der Waals surface area (Å²) in [5.41, 5.74) is -0.0621. The fourth-order valence-corrected chi connectivity index (χ4v) is 2.08. The van der Waals surface area contributed by atoms with Gasteiger partial charge in [0.05, 0.1) is 4.92 Å². The maximum atomic E-state index is 11.3. The summed E-state index contributed by atoms with van der Waals surface area (Å²) in [5.74, 6) is 0.143. The third-order valence-electron chi connectivity index (χ3n) is 2.90. The van der Waals surface area contributed by atoms with Crippen molar-refractivity contribution in [1.29, 1.82) is 10.5 Å². The van der Waals surface area contributed by atoms with Crippen LogP contribution in [0.5, 0.6) is 0 Å². The molecule has 0 unspecified atom stereocenters. The maximum Gasteiger partial charge on any atom is 0.334 e. The molecule has 2 aromatic rings. The summed E-state index contributed by atoms with van der Waals surface area (Å²) in [6, 6.07) is 3.64. The Bertz CT molecular complexity index is 788. The summed E-state index contributed by atoms with van der Waals surface area (Å²) in [6.45, 7) is 3.89. The predicted octanol–water partition coefficient (Wildman–Crippen LogP) is 1.44. The topological polar surface area (TPSA) is 126 Å². The molecule has 0 amide bonds. The van der Waals surface area contributed by atoms with Gasteiger partial charge in [-0.05, 0) is 13.3 Å². The van der Waals surface area contributed by atoms with Gasteiger partial charge >= 0.3 is 5.69 Å². The molecular formula is C12H11N7O2. The van der Waals surface area contributed by atoms with Crippen LogP contribution in [0, 0.1) is 39.7 Å². The van der Waals surface area contributed by atoms with E-state index in [0.29, 0.717) is 13.0 Å². The molecule has 9 nitrogen and oxygen atoms in total. The molecular weight excluding hydrogens is 274 g/mol. The van der Waals surface area contributed by atoms with Crippen molar-refractivity contribution in [1.82, 2.24) is 19.3 Å². The zero-order chi connectivity index (χ0) is 15.6. The van der Waals surface area contributed by atoms with Crippen LogP contribution in [0.1, 0.15) is 30.4 Å². The molecule has 0 spiro atoms. The minimum Gasteiger partial charge on any atom is -0.267 e. The molecule has 0 N–H and O–H groups in total. The lowest BCUT2D eigenvalue weighted by Gasteiger charge is -2.06. The first-order valence-corrected chi connectivity index (χ1v) is 6.14. The van der Waals surface area contributed by atoms with Crippen molar-refractivity contribution in [3.63, 3.8) is 0 Å². The number of hydrogen-bond acceptors (Lipinski definition) is 6. The van der Waals surface area contributed by atoms with E-state index in [1.807, 2.05) is 13.0 Å². The number of rotatable bonds is 4. The second-order valence-electron chi connectivity index (χ2n) is 4.27. The smallest absolute Gasteiger partial charge is 0.267 e. The van der Waals surface area contributed by atoms with Crippen LogP contribution >= 0.6 is 0 Å². The van der Waals surface area contributed by atoms with Gasteiger partial charge in [-0.2, -0.15) is 15.6 Å². The molecule has 106 valence electrons. The molecule has 0 radical (unpaired) electrons. The molecule has 21 heavy (non-hydrogen) atoms. The normalized spacial score (nSPS) is 10.1. The van der Waals surface area contributed by atoms with Crippen molar-refractivity contribution in [2.75, 3.05) is 0 Å². The number of imidazole rings is 1. The fraction of sp³-hybridized carbons (Fsp3) is 0.333. The highest BCUT2D eigenvalue weighted by molar-refractivity contribution is 5.54. The van der Waals surface area contributed by atoms with Crippen LogP contribution in [0.25, 0.3) is 5.82 Å². The molecule has 0 aliphatic heterocycles. The highest BCUT2D eigenvalue weighted by Gasteiger charge is 2.29. The Morgan fingerprint density at radius 3 is 2.67 bits per heavy atom. The lowest BCUT2D eigenvalue weighted by Crippen LogP contribution is -2.09. The van der Waals surface area contributed by atoms with Crippen LogP contribution in [-0.4, -0.2) is 24.3 Å². The Hall–Kier alpha value is -3.20. The van der Waals surface area contributed by atoms with Crippen LogP contribution in [-0.2, 0) is 6.54 Å². The van der Waals surface area contributed by atoms with Crippen LogP contribution in [0.3, 0.4) is 0 Å². The summed E-state index contributed by atoms with van der Waals surface area (Å²) in [5, 5.41) is 33.5. The van der Waals surface area contributed by atoms with Gasteiger partial charge in [0.2, 0.25) is 5.82 Å². The van der Waals surface area contributed by atoms with E-state index in [2.05, 4.69) is 10.1 Å². The zero-order valence-electron chi connectivity index (χ0n) is 11.4. The van der Waals surface area contributed by atoms with Gasteiger partial charge in [0, 0.05) is 6.54 Å². The first kappa shape index (κ1) is 14.2. The summed E-state index contributed by atoms with van der Waals surface area (Å²) in [6.07, 6.45) is 1.94. The molecule has 0 saturated heterocycles. The summed E-state index contributed by atoms with van der Waals surface area (Å²) in [4.78, 5) is 14.5. The molecule has 0 saturated carbocycles. The molecule has 0 aliphatic rings. The van der Waals surface area contributed by atoms with Crippen molar-refractivity contribution in [2.24, 2.45) is 0 Å². The first-order valence-electron chi connectivity index (χ1n) is 6.14. The number of hydrogen-bond donors (Lipinski definition) is 0. The molecule has 0 aliphatic carbocycles. The Balaban J connectivity index is 2.80. The van der Waals surface area contributed by atoms with Crippen molar-refractivity contribution in [2.45, 2.75) is 26.8 Å². The first-order chi connectivity index (χ1) is 10.0. The van der Waals surface area contributed by atoms with E-state index in [0.717, 1.165) is 0 Å². The highest BCUT2D eigenvalue weighted by Crippen LogP contribution is 2.28. The van der Waals surface area contributed by atoms with E-state index >= 15 is 0 Å². The van der Waals surface area contributed by atoms with Crippen LogP contribution < -0.4 is 0 Å². The number of nitro groups is 1. The second kappa shape index (κ2) is 5.43. The predicted molar refractivity (Wildman–Crippen MR) is 70.5 cm³/mol. The number of aryl methyl sites for hydroxylation is 2. The van der Waals surface area contributed by atoms with Crippen molar-refractivity contribution < 1.29 is 4.92 Å². The van der Waals surface area contributed by atoms with Crippen molar-refractivity contribution in [3.8, 4) is 18.0 Å². The van der Waals surface area contributed by atoms with E-state index in [1.165, 1.54) is 22.5 Å². The molecule has 2 rings (SSSR count). The SMILES string of the molecule is CCCn1nc(C)c([N+](=O)[O-])c1-n1cnc(C#N)c1C#N. The van der Waals surface area contributed by atoms with E-state index in [9.17, 15) is 15.4 Å². The maximum absolute atomic E-state index is 11.3. The van der Waals surface area contributed by atoms with Gasteiger partial charge in [-0.3, -0.25) is 14.7 Å². The quantitative estimate of drug-likeness (QED) is 0.617. The van der Waals surface area contributed by atoms with E-state index in [4.69, 9.17) is 5.26 Å². The molecule has 2 aromatic heterocycles. The Kier molecular flexibility index (Phi) is 3.67. The van der Waals surface area contributed by atoms with Gasteiger partial charge in [-0.25, -0.2) is 9.67 Å². The summed E-state index contributed by atoms with van der Waals surface area (Å²) in [7, 11) is 0. The van der Waals surface area contributed by atoms with Gasteiger partial charge in [-0.1, -0.05) is 6.92 Å². The molecule has 0 bridgehead atoms. The largest absolute Gasteiger partial charge is 0.334 e. The molecule has 0 aromatic carbocycles. The van der Waals surface area contributed by atoms with Gasteiger partial charge in [0.15, 0.2) is 11.4 Å². The van der Waals surface area contributed by atoms with Crippen LogP contribution in [0.15, 0.2) is 6.33 Å². The van der Waals surface area contributed by atoms with E-state index in [-0.39, 0.29) is 28.6 Å². The number of nitriles is 2. The van der Waals surface area contributed by atoms with Gasteiger partial charge in [0.1, 0.15) is 24.2 Å². The molecule has 2 heterocycles. The van der Waals surface area contributed by atoms with E-state index < -0.39 is 4.92 Å². The molecule has 9 heteroatoms. The summed E-state index contributed by atoms with van der Waals surface area (Å²) < 4.78 is 2.70. The molecule has 0 atom stereocenters. The van der Waals surface area contributed by atoms with E-state index in [1.54, 1.807) is 6.07 Å². The minimum absolute atomic E-state index is 0.0437. The van der Waals surface area contributed by atoms with Gasteiger partial charge < -0.3 is 0 Å². The minimum atomic E-state index is -0.545. The molecule has 0 fully saturated rings.